The van der Waals surface area contributed by atoms with Gasteiger partial charge in [0.2, 0.25) is 11.5 Å². The second-order valence-corrected chi connectivity index (χ2v) is 2.24. The first-order valence-electron chi connectivity index (χ1n) is 2.82. The minimum atomic E-state index is -1.72. The Bertz CT molecular complexity index is 302. The molecule has 0 aliphatic heterocycles. The monoisotopic (exact) mass is 208 g/mol. The lowest BCUT2D eigenvalue weighted by Crippen LogP contribution is -2.03. The van der Waals surface area contributed by atoms with E-state index in [1.54, 1.807) is 0 Å². The van der Waals surface area contributed by atoms with E-state index >= 15 is 0 Å². The number of aliphatic carboxylic acids is 2. The lowest BCUT2D eigenvalue weighted by atomic mass is 10.3. The van der Waals surface area contributed by atoms with E-state index in [1.165, 1.54) is 0 Å². The van der Waals surface area contributed by atoms with Crippen LogP contribution in [0.5, 0.6) is 0 Å². The number of halogens is 1. The fourth-order valence-corrected chi connectivity index (χ4v) is 0.536. The maximum atomic E-state index is 10.0. The zero-order chi connectivity index (χ0) is 10.6. The summed E-state index contributed by atoms with van der Waals surface area (Å²) in [6.45, 7) is 0. The standard InChI is InChI=1S/C6H5ClO6/c7-2(4(9)6(12)13)1-3(8)5(10)11/h1,8-9H,(H,10,11)(H,12,13)/b3-1+,4-2-. The van der Waals surface area contributed by atoms with Crippen LogP contribution in [0.4, 0.5) is 0 Å². The summed E-state index contributed by atoms with van der Waals surface area (Å²) in [5.74, 6) is -5.82. The van der Waals surface area contributed by atoms with Gasteiger partial charge in [-0.25, -0.2) is 9.59 Å². The van der Waals surface area contributed by atoms with Gasteiger partial charge in [-0.3, -0.25) is 0 Å². The minimum absolute atomic E-state index is 0.410. The third-order valence-electron chi connectivity index (χ3n) is 0.911. The molecule has 0 rings (SSSR count). The Balaban J connectivity index is 4.92. The molecule has 0 atom stereocenters. The molecule has 13 heavy (non-hydrogen) atoms. The zero-order valence-electron chi connectivity index (χ0n) is 6.06. The maximum Gasteiger partial charge on any atom is 0.372 e. The summed E-state index contributed by atoms with van der Waals surface area (Å²) < 4.78 is 0. The summed E-state index contributed by atoms with van der Waals surface area (Å²) in [5, 5.41) is 32.7. The van der Waals surface area contributed by atoms with Crippen molar-refractivity contribution in [3.05, 3.63) is 22.6 Å². The summed E-state index contributed by atoms with van der Waals surface area (Å²) in [6.07, 6.45) is 0.410. The molecule has 0 aromatic heterocycles. The van der Waals surface area contributed by atoms with Crippen LogP contribution >= 0.6 is 11.6 Å². The number of allylic oxidation sites excluding steroid dienone is 2. The Morgan fingerprint density at radius 3 is 1.77 bits per heavy atom. The SMILES string of the molecule is O=C(O)/C(O)=C(Cl)\C=C(\O)C(=O)O. The van der Waals surface area contributed by atoms with E-state index in [2.05, 4.69) is 0 Å². The Morgan fingerprint density at radius 1 is 1.00 bits per heavy atom. The molecule has 0 amide bonds. The van der Waals surface area contributed by atoms with Crippen LogP contribution in [-0.4, -0.2) is 32.4 Å². The normalized spacial score (nSPS) is 13.5. The van der Waals surface area contributed by atoms with Crippen LogP contribution in [0.15, 0.2) is 22.6 Å². The number of aliphatic hydroxyl groups is 2. The van der Waals surface area contributed by atoms with E-state index < -0.39 is 28.5 Å². The molecule has 6 nitrogen and oxygen atoms in total. The number of carboxylic acids is 2. The van der Waals surface area contributed by atoms with Crippen molar-refractivity contribution in [2.75, 3.05) is 0 Å². The van der Waals surface area contributed by atoms with Crippen LogP contribution in [0, 0.1) is 0 Å². The molecule has 0 unspecified atom stereocenters. The van der Waals surface area contributed by atoms with Crippen LogP contribution < -0.4 is 0 Å². The largest absolute Gasteiger partial charge is 0.502 e. The fraction of sp³-hybridized carbons (Fsp3) is 0. The second-order valence-electron chi connectivity index (χ2n) is 1.84. The molecule has 0 saturated heterocycles. The van der Waals surface area contributed by atoms with Gasteiger partial charge < -0.3 is 20.4 Å². The molecule has 4 N–H and O–H groups in total. The first kappa shape index (κ1) is 11.3. The van der Waals surface area contributed by atoms with Crippen LogP contribution in [0.3, 0.4) is 0 Å². The van der Waals surface area contributed by atoms with Crippen molar-refractivity contribution in [1.82, 2.24) is 0 Å². The van der Waals surface area contributed by atoms with Crippen molar-refractivity contribution < 1.29 is 30.0 Å². The lowest BCUT2D eigenvalue weighted by molar-refractivity contribution is -0.136. The molecule has 0 saturated carbocycles. The Morgan fingerprint density at radius 2 is 1.46 bits per heavy atom. The summed E-state index contributed by atoms with van der Waals surface area (Å²) >= 11 is 5.11. The van der Waals surface area contributed by atoms with Gasteiger partial charge in [-0.15, -0.1) is 0 Å². The molecule has 0 heterocycles. The maximum absolute atomic E-state index is 10.0. The number of rotatable bonds is 3. The smallest absolute Gasteiger partial charge is 0.372 e. The van der Waals surface area contributed by atoms with Crippen LogP contribution in [0.25, 0.3) is 0 Å². The highest BCUT2D eigenvalue weighted by molar-refractivity contribution is 6.33. The average Bonchev–Trinajstić information content (AvgIpc) is 2.02. The molecule has 7 heteroatoms. The Kier molecular flexibility index (Phi) is 3.80. The van der Waals surface area contributed by atoms with Crippen LogP contribution in [-0.2, 0) is 9.59 Å². The number of hydrogen-bond donors (Lipinski definition) is 4. The fourth-order valence-electron chi connectivity index (χ4n) is 0.352. The van der Waals surface area contributed by atoms with Gasteiger partial charge in [0.15, 0.2) is 0 Å². The van der Waals surface area contributed by atoms with E-state index in [4.69, 9.17) is 32.0 Å². The van der Waals surface area contributed by atoms with Gasteiger partial charge in [0.05, 0.1) is 5.03 Å². The van der Waals surface area contributed by atoms with Gasteiger partial charge >= 0.3 is 11.9 Å². The number of hydrogen-bond acceptors (Lipinski definition) is 4. The van der Waals surface area contributed by atoms with Crippen molar-refractivity contribution in [2.45, 2.75) is 0 Å². The number of carboxylic acid groups (broad SMARTS) is 2. The van der Waals surface area contributed by atoms with E-state index in [-0.39, 0.29) is 0 Å². The van der Waals surface area contributed by atoms with Crippen molar-refractivity contribution in [1.29, 1.82) is 0 Å². The van der Waals surface area contributed by atoms with Crippen LogP contribution in [0.2, 0.25) is 0 Å². The first-order valence-corrected chi connectivity index (χ1v) is 3.20. The van der Waals surface area contributed by atoms with Gasteiger partial charge in [0, 0.05) is 6.08 Å². The van der Waals surface area contributed by atoms with Crippen molar-refractivity contribution in [2.24, 2.45) is 0 Å². The van der Waals surface area contributed by atoms with E-state index in [0.29, 0.717) is 6.08 Å². The van der Waals surface area contributed by atoms with Crippen molar-refractivity contribution in [3.8, 4) is 0 Å². The topological polar surface area (TPSA) is 115 Å². The lowest BCUT2D eigenvalue weighted by Gasteiger charge is -1.94. The highest BCUT2D eigenvalue weighted by Gasteiger charge is 2.12. The number of aliphatic hydroxyl groups excluding tert-OH is 2. The van der Waals surface area contributed by atoms with Crippen molar-refractivity contribution >= 4 is 23.5 Å². The highest BCUT2D eigenvalue weighted by atomic mass is 35.5. The van der Waals surface area contributed by atoms with E-state index in [1.807, 2.05) is 0 Å². The average molecular weight is 209 g/mol. The second kappa shape index (κ2) is 4.36. The van der Waals surface area contributed by atoms with Gasteiger partial charge in [0.25, 0.3) is 0 Å². The first-order chi connectivity index (χ1) is 5.86. The van der Waals surface area contributed by atoms with Gasteiger partial charge in [-0.2, -0.15) is 0 Å². The molecule has 72 valence electrons. The van der Waals surface area contributed by atoms with E-state index in [0.717, 1.165) is 0 Å². The molecule has 0 aliphatic carbocycles. The van der Waals surface area contributed by atoms with Gasteiger partial charge in [0.1, 0.15) is 0 Å². The molecule has 0 radical (unpaired) electrons. The van der Waals surface area contributed by atoms with E-state index in [9.17, 15) is 9.59 Å². The summed E-state index contributed by atoms with van der Waals surface area (Å²) in [6, 6.07) is 0. The zero-order valence-corrected chi connectivity index (χ0v) is 6.82. The molecule has 0 bridgehead atoms. The van der Waals surface area contributed by atoms with Gasteiger partial charge in [-0.05, 0) is 0 Å². The Hall–Kier alpha value is -1.69. The molecular formula is C6H5ClO6. The predicted octanol–water partition coefficient (Wildman–Crippen LogP) is 0.606. The molecule has 0 spiro atoms. The summed E-state index contributed by atoms with van der Waals surface area (Å²) in [7, 11) is 0. The summed E-state index contributed by atoms with van der Waals surface area (Å²) in [5.41, 5.74) is 0. The third-order valence-corrected chi connectivity index (χ3v) is 1.20. The quantitative estimate of drug-likeness (QED) is 0.307. The molecule has 0 aromatic rings. The van der Waals surface area contributed by atoms with Crippen molar-refractivity contribution in [3.63, 3.8) is 0 Å². The summed E-state index contributed by atoms with van der Waals surface area (Å²) in [4.78, 5) is 20.0. The Labute approximate surface area is 77.0 Å². The minimum Gasteiger partial charge on any atom is -0.502 e. The third kappa shape index (κ3) is 3.48. The molecule has 0 aliphatic rings. The van der Waals surface area contributed by atoms with Crippen LogP contribution in [0.1, 0.15) is 0 Å². The molecular weight excluding hydrogens is 204 g/mol. The van der Waals surface area contributed by atoms with Gasteiger partial charge in [-0.1, -0.05) is 11.6 Å². The predicted molar refractivity (Wildman–Crippen MR) is 41.5 cm³/mol. The highest BCUT2D eigenvalue weighted by Crippen LogP contribution is 2.10. The number of carbonyl (C=O) groups is 2. The molecule has 0 aromatic carbocycles. The molecule has 0 fully saturated rings.